The molecule has 0 aliphatic heterocycles. The molecule has 0 saturated heterocycles. The van der Waals surface area contributed by atoms with Gasteiger partial charge in [-0.25, -0.2) is 0 Å². The molecule has 6 nitrogen and oxygen atoms in total. The minimum atomic E-state index is -0.231. The molecule has 0 atom stereocenters. The maximum Gasteiger partial charge on any atom is 0.254 e. The second-order valence-electron chi connectivity index (χ2n) is 7.13. The fourth-order valence-corrected chi connectivity index (χ4v) is 3.59. The quantitative estimate of drug-likeness (QED) is 0.531. The van der Waals surface area contributed by atoms with Crippen LogP contribution in [0.3, 0.4) is 0 Å². The van der Waals surface area contributed by atoms with Gasteiger partial charge in [-0.1, -0.05) is 37.5 Å². The topological polar surface area (TPSA) is 99.3 Å². The summed E-state index contributed by atoms with van der Waals surface area (Å²) in [4.78, 5) is 27.4. The van der Waals surface area contributed by atoms with E-state index in [-0.39, 0.29) is 30.2 Å². The Hall–Kier alpha value is -3.15. The molecule has 0 aromatic heterocycles. The third-order valence-corrected chi connectivity index (χ3v) is 5.09. The molecule has 1 fully saturated rings. The number of hydrogen-bond donors (Lipinski definition) is 3. The minimum Gasteiger partial charge on any atom is -0.384 e. The van der Waals surface area contributed by atoms with Crippen molar-refractivity contribution in [3.05, 3.63) is 65.7 Å². The van der Waals surface area contributed by atoms with Gasteiger partial charge in [0.15, 0.2) is 0 Å². The average Bonchev–Trinajstić information content (AvgIpc) is 2.73. The zero-order valence-corrected chi connectivity index (χ0v) is 15.9. The summed E-state index contributed by atoms with van der Waals surface area (Å²) in [5.74, 6) is -0.352. The molecule has 0 unspecified atom stereocenters. The summed E-state index contributed by atoms with van der Waals surface area (Å²) < 4.78 is 0. The van der Waals surface area contributed by atoms with Crippen molar-refractivity contribution in [2.45, 2.75) is 38.1 Å². The highest BCUT2D eigenvalue weighted by Gasteiger charge is 2.28. The lowest BCUT2D eigenvalue weighted by atomic mass is 9.93. The molecule has 2 aromatic rings. The second kappa shape index (κ2) is 9.17. The van der Waals surface area contributed by atoms with Gasteiger partial charge < -0.3 is 16.0 Å². The predicted molar refractivity (Wildman–Crippen MR) is 110 cm³/mol. The van der Waals surface area contributed by atoms with Crippen LogP contribution in [0.4, 0.5) is 5.69 Å². The zero-order chi connectivity index (χ0) is 19.9. The molecular weight excluding hydrogens is 352 g/mol. The maximum atomic E-state index is 13.1. The van der Waals surface area contributed by atoms with Crippen LogP contribution in [0.15, 0.2) is 54.6 Å². The van der Waals surface area contributed by atoms with Gasteiger partial charge in [0, 0.05) is 22.9 Å². The Morgan fingerprint density at radius 3 is 2.21 bits per heavy atom. The largest absolute Gasteiger partial charge is 0.384 e. The smallest absolute Gasteiger partial charge is 0.254 e. The van der Waals surface area contributed by atoms with E-state index in [2.05, 4.69) is 5.32 Å². The SMILES string of the molecule is N=C(N)c1ccc(NC(=O)CN(C(=O)c2ccccc2)C2CCCCC2)cc1. The molecule has 0 bridgehead atoms. The standard InChI is InChI=1S/C22H26N4O2/c23-21(24)16-11-13-18(14-12-16)25-20(27)15-26(19-9-5-2-6-10-19)22(28)17-7-3-1-4-8-17/h1,3-4,7-8,11-14,19H,2,5-6,9-10,15H2,(H3,23,24)(H,25,27). The number of anilines is 1. The fraction of sp³-hybridized carbons (Fsp3) is 0.318. The third kappa shape index (κ3) is 4.97. The molecule has 2 aromatic carbocycles. The van der Waals surface area contributed by atoms with Crippen molar-refractivity contribution in [3.63, 3.8) is 0 Å². The summed E-state index contributed by atoms with van der Waals surface area (Å²) in [7, 11) is 0. The van der Waals surface area contributed by atoms with Gasteiger partial charge in [-0.15, -0.1) is 0 Å². The number of carbonyl (C=O) groups is 2. The van der Waals surface area contributed by atoms with Crippen molar-refractivity contribution in [2.75, 3.05) is 11.9 Å². The number of rotatable bonds is 6. The van der Waals surface area contributed by atoms with Crippen LogP contribution in [0.5, 0.6) is 0 Å². The van der Waals surface area contributed by atoms with Gasteiger partial charge >= 0.3 is 0 Å². The lowest BCUT2D eigenvalue weighted by Gasteiger charge is -2.34. The fourth-order valence-electron chi connectivity index (χ4n) is 3.59. The summed E-state index contributed by atoms with van der Waals surface area (Å²) in [5.41, 5.74) is 7.27. The van der Waals surface area contributed by atoms with E-state index in [1.165, 1.54) is 6.42 Å². The molecular formula is C22H26N4O2. The Balaban J connectivity index is 1.71. The number of nitrogens with one attached hydrogen (secondary N) is 2. The molecule has 28 heavy (non-hydrogen) atoms. The van der Waals surface area contributed by atoms with E-state index in [0.717, 1.165) is 25.7 Å². The summed E-state index contributed by atoms with van der Waals surface area (Å²) in [6, 6.07) is 16.0. The van der Waals surface area contributed by atoms with Gasteiger partial charge in [0.05, 0.1) is 0 Å². The van der Waals surface area contributed by atoms with Crippen molar-refractivity contribution in [1.29, 1.82) is 5.41 Å². The molecule has 0 heterocycles. The highest BCUT2D eigenvalue weighted by atomic mass is 16.2. The van der Waals surface area contributed by atoms with Crippen molar-refractivity contribution in [2.24, 2.45) is 5.73 Å². The molecule has 6 heteroatoms. The van der Waals surface area contributed by atoms with Crippen LogP contribution in [-0.2, 0) is 4.79 Å². The molecule has 0 radical (unpaired) electrons. The molecule has 0 spiro atoms. The van der Waals surface area contributed by atoms with E-state index in [1.54, 1.807) is 41.3 Å². The average molecular weight is 378 g/mol. The molecule has 2 amide bonds. The zero-order valence-electron chi connectivity index (χ0n) is 15.9. The first-order valence-corrected chi connectivity index (χ1v) is 9.65. The minimum absolute atomic E-state index is 0.0187. The summed E-state index contributed by atoms with van der Waals surface area (Å²) >= 11 is 0. The first kappa shape index (κ1) is 19.6. The first-order chi connectivity index (χ1) is 13.5. The van der Waals surface area contributed by atoms with Crippen LogP contribution < -0.4 is 11.1 Å². The Morgan fingerprint density at radius 1 is 0.964 bits per heavy atom. The second-order valence-corrected chi connectivity index (χ2v) is 7.13. The van der Waals surface area contributed by atoms with E-state index >= 15 is 0 Å². The van der Waals surface area contributed by atoms with Gasteiger partial charge in [0.25, 0.3) is 5.91 Å². The summed E-state index contributed by atoms with van der Waals surface area (Å²) in [6.45, 7) is 0.0207. The number of benzene rings is 2. The van der Waals surface area contributed by atoms with Gasteiger partial charge in [-0.3, -0.25) is 15.0 Å². The highest BCUT2D eigenvalue weighted by Crippen LogP contribution is 2.24. The van der Waals surface area contributed by atoms with Crippen LogP contribution in [0, 0.1) is 5.41 Å². The van der Waals surface area contributed by atoms with Gasteiger partial charge in [0.2, 0.25) is 5.91 Å². The van der Waals surface area contributed by atoms with Gasteiger partial charge in [-0.2, -0.15) is 0 Å². The lowest BCUT2D eigenvalue weighted by Crippen LogP contribution is -2.45. The number of carbonyl (C=O) groups excluding carboxylic acids is 2. The number of amides is 2. The molecule has 146 valence electrons. The Bertz CT molecular complexity index is 827. The van der Waals surface area contributed by atoms with Crippen molar-refractivity contribution < 1.29 is 9.59 Å². The van der Waals surface area contributed by atoms with E-state index in [0.29, 0.717) is 16.8 Å². The molecule has 4 N–H and O–H groups in total. The number of nitrogens with zero attached hydrogens (tertiary/aromatic N) is 1. The van der Waals surface area contributed by atoms with Crippen LogP contribution in [0.25, 0.3) is 0 Å². The van der Waals surface area contributed by atoms with Crippen LogP contribution >= 0.6 is 0 Å². The van der Waals surface area contributed by atoms with Crippen molar-refractivity contribution in [1.82, 2.24) is 4.90 Å². The Kier molecular flexibility index (Phi) is 6.42. The number of nitrogen functional groups attached to an aromatic ring is 1. The van der Waals surface area contributed by atoms with Crippen molar-refractivity contribution >= 4 is 23.3 Å². The monoisotopic (exact) mass is 378 g/mol. The first-order valence-electron chi connectivity index (χ1n) is 9.65. The summed E-state index contributed by atoms with van der Waals surface area (Å²) in [5, 5.41) is 10.3. The number of amidine groups is 1. The third-order valence-electron chi connectivity index (χ3n) is 5.09. The number of hydrogen-bond acceptors (Lipinski definition) is 3. The van der Waals surface area contributed by atoms with E-state index in [1.807, 2.05) is 18.2 Å². The molecule has 3 rings (SSSR count). The van der Waals surface area contributed by atoms with E-state index < -0.39 is 0 Å². The molecule has 1 saturated carbocycles. The molecule has 1 aliphatic rings. The van der Waals surface area contributed by atoms with E-state index in [4.69, 9.17) is 11.1 Å². The Labute approximate surface area is 165 Å². The highest BCUT2D eigenvalue weighted by molar-refractivity contribution is 6.00. The predicted octanol–water partition coefficient (Wildman–Crippen LogP) is 3.38. The maximum absolute atomic E-state index is 13.1. The molecule has 1 aliphatic carbocycles. The Morgan fingerprint density at radius 2 is 1.61 bits per heavy atom. The lowest BCUT2D eigenvalue weighted by molar-refractivity contribution is -0.117. The van der Waals surface area contributed by atoms with Gasteiger partial charge in [-0.05, 0) is 49.2 Å². The van der Waals surface area contributed by atoms with Crippen LogP contribution in [-0.4, -0.2) is 35.1 Å². The van der Waals surface area contributed by atoms with Crippen LogP contribution in [0.1, 0.15) is 48.0 Å². The van der Waals surface area contributed by atoms with Gasteiger partial charge in [0.1, 0.15) is 12.4 Å². The van der Waals surface area contributed by atoms with Crippen molar-refractivity contribution in [3.8, 4) is 0 Å². The van der Waals surface area contributed by atoms with E-state index in [9.17, 15) is 9.59 Å². The normalized spacial score (nSPS) is 14.3. The summed E-state index contributed by atoms with van der Waals surface area (Å²) in [6.07, 6.45) is 5.20. The number of nitrogens with two attached hydrogens (primary N) is 1. The van der Waals surface area contributed by atoms with Crippen LogP contribution in [0.2, 0.25) is 0 Å².